The topological polar surface area (TPSA) is 154 Å². The number of pyridine rings is 1. The van der Waals surface area contributed by atoms with Crippen LogP contribution in [0.15, 0.2) is 42.7 Å². The summed E-state index contributed by atoms with van der Waals surface area (Å²) in [6, 6.07) is 11.8. The van der Waals surface area contributed by atoms with Gasteiger partial charge in [-0.1, -0.05) is 0 Å². The van der Waals surface area contributed by atoms with Crippen molar-refractivity contribution < 1.29 is 28.6 Å². The molecule has 208 valence electrons. The van der Waals surface area contributed by atoms with Crippen molar-refractivity contribution in [3.63, 3.8) is 0 Å². The normalized spacial score (nSPS) is 16.6. The lowest BCUT2D eigenvalue weighted by Crippen LogP contribution is -2.50. The third-order valence-corrected chi connectivity index (χ3v) is 6.26. The smallest absolute Gasteiger partial charge is 0.258 e. The zero-order valence-corrected chi connectivity index (χ0v) is 22.2. The Labute approximate surface area is 230 Å². The second-order valence-corrected chi connectivity index (χ2v) is 9.15. The fourth-order valence-corrected chi connectivity index (χ4v) is 4.17. The van der Waals surface area contributed by atoms with E-state index in [9.17, 15) is 19.2 Å². The van der Waals surface area contributed by atoms with Gasteiger partial charge in [-0.15, -0.1) is 0 Å². The van der Waals surface area contributed by atoms with E-state index < -0.39 is 24.8 Å². The Balaban J connectivity index is 1.50. The van der Waals surface area contributed by atoms with Gasteiger partial charge in [-0.2, -0.15) is 10.2 Å². The first-order valence-corrected chi connectivity index (χ1v) is 12.3. The minimum absolute atomic E-state index is 0.161. The quantitative estimate of drug-likeness (QED) is 0.427. The van der Waals surface area contributed by atoms with Crippen LogP contribution in [0.2, 0.25) is 0 Å². The Morgan fingerprint density at radius 2 is 2.02 bits per heavy atom. The molecular formula is C27H28FN7O5. The van der Waals surface area contributed by atoms with E-state index >= 15 is 0 Å². The predicted molar refractivity (Wildman–Crippen MR) is 142 cm³/mol. The number of benzene rings is 1. The van der Waals surface area contributed by atoms with Crippen LogP contribution < -0.4 is 14.8 Å². The first-order chi connectivity index (χ1) is 19.2. The number of methoxy groups -OCH3 is 1. The zero-order chi connectivity index (χ0) is 28.8. The molecule has 1 fully saturated rings. The monoisotopic (exact) mass is 549 g/mol. The van der Waals surface area contributed by atoms with E-state index in [2.05, 4.69) is 26.3 Å². The van der Waals surface area contributed by atoms with Crippen molar-refractivity contribution in [2.75, 3.05) is 46.2 Å². The molecule has 13 heteroatoms. The Morgan fingerprint density at radius 1 is 1.23 bits per heavy atom. The van der Waals surface area contributed by atoms with Gasteiger partial charge in [-0.25, -0.2) is 14.4 Å². The summed E-state index contributed by atoms with van der Waals surface area (Å²) in [5.41, 5.74) is 1.62. The number of aromatic nitrogens is 3. The molecule has 2 aromatic heterocycles. The highest BCUT2D eigenvalue weighted by Gasteiger charge is 2.33. The van der Waals surface area contributed by atoms with Crippen molar-refractivity contribution in [1.29, 1.82) is 5.26 Å². The fourth-order valence-electron chi connectivity index (χ4n) is 4.17. The molecule has 0 radical (unpaired) electrons. The number of aliphatic hydroxyl groups is 1. The Bertz CT molecular complexity index is 1450. The Kier molecular flexibility index (Phi) is 8.70. The van der Waals surface area contributed by atoms with Gasteiger partial charge in [0, 0.05) is 38.7 Å². The largest absolute Gasteiger partial charge is 0.486 e. The number of nitrogens with zero attached hydrogens (tertiary/aromatic N) is 6. The molecule has 12 nitrogen and oxygen atoms in total. The van der Waals surface area contributed by atoms with Crippen LogP contribution >= 0.6 is 0 Å². The molecule has 4 rings (SSSR count). The molecule has 0 saturated carbocycles. The first kappa shape index (κ1) is 28.2. The minimum atomic E-state index is -1.46. The van der Waals surface area contributed by atoms with Crippen LogP contribution in [-0.2, 0) is 4.79 Å². The van der Waals surface area contributed by atoms with Gasteiger partial charge in [0.1, 0.15) is 48.1 Å². The standard InChI is InChI=1S/C27H28FN7O5/c1-34(2)27(38)18-5-7-23(33-26(18)39-3)32-24-11-20(30-15-31-24)16-4-6-21(17(10-16)12-29)40-22-8-9-35(13-19(22)28)25(37)14-36/h4-7,10-11,15,19,22,36H,8-9,13-14H2,1-3H3,(H,30,31,32,33)/t19-,22+/m1/s1. The molecule has 1 aromatic carbocycles. The number of anilines is 2. The number of alkyl halides is 1. The molecule has 0 unspecified atom stereocenters. The van der Waals surface area contributed by atoms with E-state index in [1.807, 2.05) is 0 Å². The molecule has 2 amide bonds. The van der Waals surface area contributed by atoms with Gasteiger partial charge in [0.05, 0.1) is 24.9 Å². The molecular weight excluding hydrogens is 521 g/mol. The molecule has 2 atom stereocenters. The lowest BCUT2D eigenvalue weighted by molar-refractivity contribution is -0.138. The number of aliphatic hydroxyl groups excluding tert-OH is 1. The minimum Gasteiger partial charge on any atom is -0.486 e. The SMILES string of the molecule is COc1nc(Nc2cc(-c3ccc(O[C@H]4CCN(C(=O)CO)C[C@H]4F)c(C#N)c3)ncn2)ccc1C(=O)N(C)C. The molecule has 0 spiro atoms. The number of amides is 2. The number of ether oxygens (including phenoxy) is 2. The number of rotatable bonds is 8. The van der Waals surface area contributed by atoms with Crippen molar-refractivity contribution in [2.45, 2.75) is 18.7 Å². The number of carbonyl (C=O) groups excluding carboxylic acids is 2. The number of piperidine rings is 1. The molecule has 0 bridgehead atoms. The molecule has 1 aliphatic heterocycles. The molecule has 40 heavy (non-hydrogen) atoms. The maximum Gasteiger partial charge on any atom is 0.258 e. The summed E-state index contributed by atoms with van der Waals surface area (Å²) in [7, 11) is 4.70. The average Bonchev–Trinajstić information content (AvgIpc) is 2.97. The first-order valence-electron chi connectivity index (χ1n) is 12.3. The fraction of sp³-hybridized carbons (Fsp3) is 0.333. The number of hydrogen-bond acceptors (Lipinski definition) is 10. The van der Waals surface area contributed by atoms with Gasteiger partial charge in [0.2, 0.25) is 11.8 Å². The van der Waals surface area contributed by atoms with E-state index in [4.69, 9.17) is 14.6 Å². The van der Waals surface area contributed by atoms with Crippen LogP contribution in [0.5, 0.6) is 11.6 Å². The van der Waals surface area contributed by atoms with Crippen molar-refractivity contribution in [1.82, 2.24) is 24.8 Å². The highest BCUT2D eigenvalue weighted by Crippen LogP contribution is 2.30. The number of nitriles is 1. The highest BCUT2D eigenvalue weighted by molar-refractivity contribution is 5.96. The average molecular weight is 550 g/mol. The molecule has 0 aliphatic carbocycles. The van der Waals surface area contributed by atoms with Gasteiger partial charge in [-0.05, 0) is 30.3 Å². The van der Waals surface area contributed by atoms with E-state index in [0.717, 1.165) is 0 Å². The molecule has 1 aliphatic rings. The van der Waals surface area contributed by atoms with Crippen molar-refractivity contribution in [3.8, 4) is 29.0 Å². The van der Waals surface area contributed by atoms with Gasteiger partial charge in [-0.3, -0.25) is 9.59 Å². The lowest BCUT2D eigenvalue weighted by Gasteiger charge is -2.34. The van der Waals surface area contributed by atoms with Gasteiger partial charge >= 0.3 is 0 Å². The molecule has 3 heterocycles. The lowest BCUT2D eigenvalue weighted by atomic mass is 10.0. The Hall–Kier alpha value is -4.83. The third-order valence-electron chi connectivity index (χ3n) is 6.26. The zero-order valence-electron chi connectivity index (χ0n) is 22.2. The number of carbonyl (C=O) groups is 2. The highest BCUT2D eigenvalue weighted by atomic mass is 19.1. The summed E-state index contributed by atoms with van der Waals surface area (Å²) in [5, 5.41) is 21.8. The van der Waals surface area contributed by atoms with Crippen LogP contribution in [-0.4, -0.2) is 94.8 Å². The van der Waals surface area contributed by atoms with E-state index in [1.54, 1.807) is 50.5 Å². The summed E-state index contributed by atoms with van der Waals surface area (Å²) in [6.45, 7) is -0.611. The van der Waals surface area contributed by atoms with Gasteiger partial charge < -0.3 is 29.7 Å². The summed E-state index contributed by atoms with van der Waals surface area (Å²) in [6.07, 6.45) is -0.721. The number of nitrogens with one attached hydrogen (secondary N) is 1. The number of hydrogen-bond donors (Lipinski definition) is 2. The summed E-state index contributed by atoms with van der Waals surface area (Å²) in [4.78, 5) is 39.5. The number of likely N-dealkylation sites (tertiary alicyclic amines) is 1. The van der Waals surface area contributed by atoms with E-state index in [-0.39, 0.29) is 42.6 Å². The summed E-state index contributed by atoms with van der Waals surface area (Å²) in [5.74, 6) is 0.407. The van der Waals surface area contributed by atoms with Gasteiger partial charge in [0.25, 0.3) is 5.91 Å². The van der Waals surface area contributed by atoms with Crippen LogP contribution in [0.4, 0.5) is 16.0 Å². The Morgan fingerprint density at radius 3 is 2.70 bits per heavy atom. The maximum absolute atomic E-state index is 14.7. The second kappa shape index (κ2) is 12.4. The van der Waals surface area contributed by atoms with Gasteiger partial charge in [0.15, 0.2) is 6.17 Å². The molecule has 1 saturated heterocycles. The molecule has 3 aromatic rings. The summed E-state index contributed by atoms with van der Waals surface area (Å²) >= 11 is 0. The van der Waals surface area contributed by atoms with Crippen molar-refractivity contribution in [3.05, 3.63) is 53.9 Å². The van der Waals surface area contributed by atoms with Crippen LogP contribution in [0.3, 0.4) is 0 Å². The van der Waals surface area contributed by atoms with Crippen molar-refractivity contribution in [2.24, 2.45) is 0 Å². The second-order valence-electron chi connectivity index (χ2n) is 9.15. The maximum atomic E-state index is 14.7. The van der Waals surface area contributed by atoms with E-state index in [0.29, 0.717) is 28.5 Å². The summed E-state index contributed by atoms with van der Waals surface area (Å²) < 4.78 is 25.8. The molecule has 2 N–H and O–H groups in total. The number of halogens is 1. The van der Waals surface area contributed by atoms with Crippen LogP contribution in [0, 0.1) is 11.3 Å². The van der Waals surface area contributed by atoms with Crippen LogP contribution in [0.25, 0.3) is 11.3 Å². The van der Waals surface area contributed by atoms with E-state index in [1.165, 1.54) is 23.2 Å². The third kappa shape index (κ3) is 6.24. The van der Waals surface area contributed by atoms with Crippen LogP contribution in [0.1, 0.15) is 22.3 Å². The predicted octanol–water partition coefficient (Wildman–Crippen LogP) is 2.17. The van der Waals surface area contributed by atoms with Crippen molar-refractivity contribution >= 4 is 23.5 Å².